The average Bonchev–Trinajstić information content (AvgIpc) is 3.47. The topological polar surface area (TPSA) is 29.0 Å². The van der Waals surface area contributed by atoms with Crippen LogP contribution in [0.5, 0.6) is 0 Å². The quantitative estimate of drug-likeness (QED) is 0.170. The molecule has 4 heterocycles. The van der Waals surface area contributed by atoms with Crippen molar-refractivity contribution in [2.75, 3.05) is 4.81 Å². The minimum absolute atomic E-state index is 0.109. The van der Waals surface area contributed by atoms with Gasteiger partial charge in [-0.05, 0) is 92.7 Å². The Morgan fingerprint density at radius 2 is 1.00 bits per heavy atom. The zero-order valence-electron chi connectivity index (χ0n) is 29.7. The van der Waals surface area contributed by atoms with Gasteiger partial charge in [-0.2, -0.15) is 0 Å². The van der Waals surface area contributed by atoms with Crippen LogP contribution in [-0.4, -0.2) is 16.8 Å². The number of para-hydroxylation sites is 1. The Bertz CT molecular complexity index is 2610. The fourth-order valence-electron chi connectivity index (χ4n) is 8.55. The summed E-state index contributed by atoms with van der Waals surface area (Å²) in [6.45, 7) is 5.02. The summed E-state index contributed by atoms with van der Waals surface area (Å²) in [4.78, 5) is 12.9. The molecule has 0 unspecified atom stereocenters. The summed E-state index contributed by atoms with van der Waals surface area (Å²) in [6.07, 6.45) is 0. The number of benzene rings is 6. The first-order chi connectivity index (χ1) is 26.0. The number of nitrogens with zero attached hydrogens (tertiary/aromatic N) is 3. The van der Waals surface area contributed by atoms with Crippen molar-refractivity contribution in [1.82, 2.24) is 9.97 Å². The molecule has 0 N–H and O–H groups in total. The van der Waals surface area contributed by atoms with E-state index in [1.807, 2.05) is 6.07 Å². The van der Waals surface area contributed by atoms with Gasteiger partial charge in [-0.15, -0.1) is 0 Å². The van der Waals surface area contributed by atoms with E-state index in [1.54, 1.807) is 0 Å². The van der Waals surface area contributed by atoms with E-state index in [1.165, 1.54) is 44.7 Å². The Hall–Kier alpha value is -6.52. The highest BCUT2D eigenvalue weighted by Gasteiger charge is 2.52. The number of hydrogen-bond acceptors (Lipinski definition) is 3. The van der Waals surface area contributed by atoms with Gasteiger partial charge < -0.3 is 4.81 Å². The summed E-state index contributed by atoms with van der Waals surface area (Å²) in [7, 11) is 0. The van der Waals surface area contributed by atoms with Gasteiger partial charge in [0.25, 0.3) is 0 Å². The zero-order valence-corrected chi connectivity index (χ0v) is 29.7. The molecule has 2 aliphatic heterocycles. The molecule has 0 atom stereocenters. The second kappa shape index (κ2) is 12.3. The average molecular weight is 678 g/mol. The Kier molecular flexibility index (Phi) is 7.26. The van der Waals surface area contributed by atoms with Crippen LogP contribution in [0.2, 0.25) is 0 Å². The molecule has 6 aromatic carbocycles. The van der Waals surface area contributed by atoms with Crippen LogP contribution in [0.15, 0.2) is 182 Å². The normalized spacial score (nSPS) is 13.5. The lowest BCUT2D eigenvalue weighted by Gasteiger charge is -2.38. The molecule has 3 nitrogen and oxygen atoms in total. The van der Waals surface area contributed by atoms with Crippen molar-refractivity contribution in [1.29, 1.82) is 0 Å². The molecule has 0 spiro atoms. The largest absolute Gasteiger partial charge is 0.380 e. The molecule has 2 aromatic heterocycles. The molecule has 0 fully saturated rings. The van der Waals surface area contributed by atoms with Gasteiger partial charge in [0.2, 0.25) is 0 Å². The molecule has 10 rings (SSSR count). The van der Waals surface area contributed by atoms with E-state index in [2.05, 4.69) is 195 Å². The predicted octanol–water partition coefficient (Wildman–Crippen LogP) is 11.7. The third-order valence-corrected chi connectivity index (χ3v) is 11.1. The fraction of sp³-hybridized carbons (Fsp3) is 0.0612. The van der Waals surface area contributed by atoms with E-state index in [-0.39, 0.29) is 12.2 Å². The Morgan fingerprint density at radius 1 is 0.396 bits per heavy atom. The monoisotopic (exact) mass is 677 g/mol. The van der Waals surface area contributed by atoms with Gasteiger partial charge in [0.05, 0.1) is 22.8 Å². The van der Waals surface area contributed by atoms with Crippen molar-refractivity contribution in [3.8, 4) is 67.3 Å². The third kappa shape index (κ3) is 5.21. The van der Waals surface area contributed by atoms with E-state index in [0.717, 1.165) is 45.0 Å². The van der Waals surface area contributed by atoms with E-state index < -0.39 is 0 Å². The van der Waals surface area contributed by atoms with Gasteiger partial charge in [0, 0.05) is 28.1 Å². The van der Waals surface area contributed by atoms with Crippen molar-refractivity contribution in [3.05, 3.63) is 188 Å². The van der Waals surface area contributed by atoms with Crippen molar-refractivity contribution >= 4 is 23.7 Å². The SMILES string of the molecule is CC1(C)B2c3ccccc3-c3ccccc3N2c2ccc(-c3cccc(-c4cccc(-c5cc(-c6ccccc6)cc(-c6ccccc6)n5)n4)c3)cc21. The second-order valence-electron chi connectivity index (χ2n) is 14.7. The first-order valence-corrected chi connectivity index (χ1v) is 18.4. The number of hydrogen-bond donors (Lipinski definition) is 0. The van der Waals surface area contributed by atoms with Crippen LogP contribution in [0.3, 0.4) is 0 Å². The molecule has 0 radical (unpaired) electrons. The first kappa shape index (κ1) is 31.2. The van der Waals surface area contributed by atoms with E-state index >= 15 is 0 Å². The van der Waals surface area contributed by atoms with Crippen LogP contribution in [0.1, 0.15) is 19.4 Å². The van der Waals surface area contributed by atoms with Gasteiger partial charge in [0.15, 0.2) is 0 Å². The molecular weight excluding hydrogens is 641 g/mol. The highest BCUT2D eigenvalue weighted by molar-refractivity contribution is 6.84. The molecule has 8 aromatic rings. The third-order valence-electron chi connectivity index (χ3n) is 11.1. The second-order valence-corrected chi connectivity index (χ2v) is 14.7. The van der Waals surface area contributed by atoms with Crippen molar-refractivity contribution in [2.24, 2.45) is 0 Å². The lowest BCUT2D eigenvalue weighted by Crippen LogP contribution is -2.55. The van der Waals surface area contributed by atoms with Crippen molar-refractivity contribution < 1.29 is 0 Å². The molecule has 4 heteroatoms. The zero-order chi connectivity index (χ0) is 35.5. The van der Waals surface area contributed by atoms with Gasteiger partial charge in [-0.25, -0.2) is 9.97 Å². The van der Waals surface area contributed by atoms with Crippen molar-refractivity contribution in [2.45, 2.75) is 19.2 Å². The van der Waals surface area contributed by atoms with Crippen LogP contribution in [-0.2, 0) is 5.31 Å². The van der Waals surface area contributed by atoms with Crippen LogP contribution >= 0.6 is 0 Å². The molecule has 0 bridgehead atoms. The fourth-order valence-corrected chi connectivity index (χ4v) is 8.55. The molecule has 2 aliphatic rings. The highest BCUT2D eigenvalue weighted by atomic mass is 15.1. The summed E-state index contributed by atoms with van der Waals surface area (Å²) in [5.74, 6) is 0. The number of aromatic nitrogens is 2. The van der Waals surface area contributed by atoms with Crippen LogP contribution < -0.4 is 10.3 Å². The predicted molar refractivity (Wildman–Crippen MR) is 222 cm³/mol. The number of fused-ring (bicyclic) bond motifs is 8. The summed E-state index contributed by atoms with van der Waals surface area (Å²) in [5.41, 5.74) is 18.3. The molecule has 0 aliphatic carbocycles. The van der Waals surface area contributed by atoms with Crippen LogP contribution in [0, 0.1) is 0 Å². The molecule has 250 valence electrons. The van der Waals surface area contributed by atoms with Gasteiger partial charge in [-0.3, -0.25) is 0 Å². The minimum Gasteiger partial charge on any atom is -0.380 e. The highest BCUT2D eigenvalue weighted by Crippen LogP contribution is 2.52. The number of rotatable bonds is 5. The van der Waals surface area contributed by atoms with Gasteiger partial charge >= 0.3 is 6.85 Å². The summed E-state index contributed by atoms with van der Waals surface area (Å²) in [5, 5.41) is -0.109. The Balaban J connectivity index is 1.03. The smallest absolute Gasteiger partial charge is 0.304 e. The molecule has 0 saturated carbocycles. The number of anilines is 2. The summed E-state index contributed by atoms with van der Waals surface area (Å²) in [6, 6.07) is 65.1. The molecule has 0 amide bonds. The lowest BCUT2D eigenvalue weighted by molar-refractivity contribution is 0.759. The maximum Gasteiger partial charge on any atom is 0.304 e. The Labute approximate surface area is 311 Å². The summed E-state index contributed by atoms with van der Waals surface area (Å²) >= 11 is 0. The van der Waals surface area contributed by atoms with E-state index in [9.17, 15) is 0 Å². The standard InChI is InChI=1S/C49H36BN3/c1-49(2)41-30-36(27-28-48(41)53-47-26-12-10-22-40(47)39-21-9-11-23-42(39)50(49)53)35-19-13-20-37(29-35)43-24-14-25-44(51-43)46-32-38(33-15-5-3-6-16-33)31-45(52-46)34-17-7-4-8-18-34/h3-32H,1-2H3. The lowest BCUT2D eigenvalue weighted by atomic mass is 9.37. The molecule has 53 heavy (non-hydrogen) atoms. The van der Waals surface area contributed by atoms with Crippen LogP contribution in [0.25, 0.3) is 67.3 Å². The molecule has 0 saturated heterocycles. The Morgan fingerprint density at radius 3 is 1.83 bits per heavy atom. The van der Waals surface area contributed by atoms with Gasteiger partial charge in [0.1, 0.15) is 0 Å². The maximum atomic E-state index is 5.22. The van der Waals surface area contributed by atoms with E-state index in [0.29, 0.717) is 0 Å². The maximum absolute atomic E-state index is 5.22. The summed E-state index contributed by atoms with van der Waals surface area (Å²) < 4.78 is 0. The minimum atomic E-state index is -0.109. The first-order valence-electron chi connectivity index (χ1n) is 18.4. The van der Waals surface area contributed by atoms with Crippen molar-refractivity contribution in [3.63, 3.8) is 0 Å². The van der Waals surface area contributed by atoms with Gasteiger partial charge in [-0.1, -0.05) is 147 Å². The van der Waals surface area contributed by atoms with Crippen LogP contribution in [0.4, 0.5) is 11.4 Å². The van der Waals surface area contributed by atoms with E-state index in [4.69, 9.17) is 9.97 Å². The molecular formula is C49H36BN3. The number of pyridine rings is 2.